The van der Waals surface area contributed by atoms with E-state index < -0.39 is 17.7 Å². The summed E-state index contributed by atoms with van der Waals surface area (Å²) < 4.78 is 5.58. The molecule has 0 spiro atoms. The van der Waals surface area contributed by atoms with E-state index >= 15 is 0 Å². The molecule has 1 atom stereocenters. The average molecular weight is 381 g/mol. The van der Waals surface area contributed by atoms with Crippen molar-refractivity contribution in [3.05, 3.63) is 59.7 Å². The number of carbonyl (C=O) groups is 3. The van der Waals surface area contributed by atoms with Crippen molar-refractivity contribution in [2.45, 2.75) is 20.3 Å². The number of nitrogens with one attached hydrogen (secondary N) is 2. The first-order valence-corrected chi connectivity index (χ1v) is 9.18. The Hall–Kier alpha value is -3.35. The van der Waals surface area contributed by atoms with Gasteiger partial charge >= 0.3 is 0 Å². The van der Waals surface area contributed by atoms with Gasteiger partial charge in [0, 0.05) is 18.5 Å². The quantitative estimate of drug-likeness (QED) is 0.778. The summed E-state index contributed by atoms with van der Waals surface area (Å²) in [4.78, 5) is 38.5. The van der Waals surface area contributed by atoms with Crippen LogP contribution in [-0.2, 0) is 9.59 Å². The molecule has 1 heterocycles. The molecule has 146 valence electrons. The van der Waals surface area contributed by atoms with Crippen LogP contribution in [0, 0.1) is 12.8 Å². The Balaban J connectivity index is 1.61. The number of hydrogen-bond donors (Lipinski definition) is 2. The van der Waals surface area contributed by atoms with E-state index in [9.17, 15) is 14.4 Å². The number of amides is 3. The van der Waals surface area contributed by atoms with Crippen molar-refractivity contribution < 1.29 is 19.1 Å². The molecule has 2 aromatic rings. The van der Waals surface area contributed by atoms with Gasteiger partial charge in [0.15, 0.2) is 0 Å². The number of hydrogen-bond acceptors (Lipinski definition) is 4. The van der Waals surface area contributed by atoms with Gasteiger partial charge in [0.05, 0.1) is 18.2 Å². The highest BCUT2D eigenvalue weighted by atomic mass is 16.5. The number of anilines is 1. The van der Waals surface area contributed by atoms with Gasteiger partial charge in [-0.25, -0.2) is 0 Å². The van der Waals surface area contributed by atoms with Crippen LogP contribution >= 0.6 is 0 Å². The molecule has 0 unspecified atom stereocenters. The van der Waals surface area contributed by atoms with Crippen LogP contribution in [0.3, 0.4) is 0 Å². The van der Waals surface area contributed by atoms with E-state index in [1.165, 1.54) is 0 Å². The molecule has 0 aliphatic carbocycles. The fourth-order valence-electron chi connectivity index (χ4n) is 3.07. The lowest BCUT2D eigenvalue weighted by Crippen LogP contribution is -2.45. The summed E-state index contributed by atoms with van der Waals surface area (Å²) in [5.74, 6) is -0.911. The minimum Gasteiger partial charge on any atom is -0.492 e. The summed E-state index contributed by atoms with van der Waals surface area (Å²) >= 11 is 0. The second kappa shape index (κ2) is 8.56. The van der Waals surface area contributed by atoms with Crippen molar-refractivity contribution in [3.8, 4) is 5.75 Å². The standard InChI is InChI=1S/C21H23N3O4/c1-3-28-18-7-5-4-6-17(18)24-13-16(12-19(24)25)21(27)23-22-20(26)15-10-8-14(2)9-11-15/h4-11,16H,3,12-13H2,1-2H3,(H,22,26)(H,23,27)/t16-/m0/s1. The number of para-hydroxylation sites is 2. The maximum atomic E-state index is 12.4. The molecule has 0 bridgehead atoms. The molecule has 0 radical (unpaired) electrons. The van der Waals surface area contributed by atoms with Gasteiger partial charge in [-0.2, -0.15) is 0 Å². The van der Waals surface area contributed by atoms with Crippen molar-refractivity contribution in [1.82, 2.24) is 10.9 Å². The molecule has 1 saturated heterocycles. The Morgan fingerprint density at radius 2 is 1.82 bits per heavy atom. The Bertz CT molecular complexity index is 879. The molecule has 0 saturated carbocycles. The number of nitrogens with zero attached hydrogens (tertiary/aromatic N) is 1. The summed E-state index contributed by atoms with van der Waals surface area (Å²) in [6.45, 7) is 4.51. The Morgan fingerprint density at radius 3 is 2.54 bits per heavy atom. The molecular formula is C21H23N3O4. The van der Waals surface area contributed by atoms with Gasteiger partial charge in [0.25, 0.3) is 5.91 Å². The van der Waals surface area contributed by atoms with Crippen LogP contribution < -0.4 is 20.5 Å². The van der Waals surface area contributed by atoms with Crippen LogP contribution in [0.4, 0.5) is 5.69 Å². The molecule has 1 aliphatic heterocycles. The van der Waals surface area contributed by atoms with Crippen LogP contribution in [-0.4, -0.2) is 30.9 Å². The van der Waals surface area contributed by atoms with E-state index in [4.69, 9.17) is 4.74 Å². The average Bonchev–Trinajstić information content (AvgIpc) is 3.09. The summed E-state index contributed by atoms with van der Waals surface area (Å²) in [6.07, 6.45) is 0.0761. The fraction of sp³-hybridized carbons (Fsp3) is 0.286. The molecule has 2 N–H and O–H groups in total. The van der Waals surface area contributed by atoms with Crippen molar-refractivity contribution in [2.75, 3.05) is 18.1 Å². The molecule has 28 heavy (non-hydrogen) atoms. The summed E-state index contributed by atoms with van der Waals surface area (Å²) in [6, 6.07) is 14.2. The predicted molar refractivity (Wildman–Crippen MR) is 105 cm³/mol. The third kappa shape index (κ3) is 4.31. The lowest BCUT2D eigenvalue weighted by Gasteiger charge is -2.20. The van der Waals surface area contributed by atoms with E-state index in [0.717, 1.165) is 5.56 Å². The van der Waals surface area contributed by atoms with Crippen molar-refractivity contribution >= 4 is 23.4 Å². The molecule has 3 rings (SSSR count). The highest BCUT2D eigenvalue weighted by Gasteiger charge is 2.36. The normalized spacial score (nSPS) is 16.0. The number of ether oxygens (including phenoxy) is 1. The van der Waals surface area contributed by atoms with E-state index in [0.29, 0.717) is 23.6 Å². The largest absolute Gasteiger partial charge is 0.492 e. The van der Waals surface area contributed by atoms with Crippen LogP contribution in [0.2, 0.25) is 0 Å². The topological polar surface area (TPSA) is 87.7 Å². The molecule has 7 heteroatoms. The second-order valence-electron chi connectivity index (χ2n) is 6.62. The van der Waals surface area contributed by atoms with E-state index in [-0.39, 0.29) is 18.9 Å². The predicted octanol–water partition coefficient (Wildman–Crippen LogP) is 2.21. The summed E-state index contributed by atoms with van der Waals surface area (Å²) in [5, 5.41) is 0. The van der Waals surface area contributed by atoms with Crippen LogP contribution in [0.25, 0.3) is 0 Å². The molecule has 3 amide bonds. The number of benzene rings is 2. The minimum atomic E-state index is -0.555. The van der Waals surface area contributed by atoms with Gasteiger partial charge in [0.2, 0.25) is 11.8 Å². The van der Waals surface area contributed by atoms with Crippen LogP contribution in [0.5, 0.6) is 5.75 Å². The Morgan fingerprint density at radius 1 is 1.11 bits per heavy atom. The monoisotopic (exact) mass is 381 g/mol. The zero-order chi connectivity index (χ0) is 20.1. The van der Waals surface area contributed by atoms with Gasteiger partial charge in [-0.15, -0.1) is 0 Å². The zero-order valence-corrected chi connectivity index (χ0v) is 15.9. The van der Waals surface area contributed by atoms with Crippen molar-refractivity contribution in [3.63, 3.8) is 0 Å². The van der Waals surface area contributed by atoms with Crippen LogP contribution in [0.15, 0.2) is 48.5 Å². The SMILES string of the molecule is CCOc1ccccc1N1C[C@@H](C(=O)NNC(=O)c2ccc(C)cc2)CC1=O. The highest BCUT2D eigenvalue weighted by molar-refractivity contribution is 6.02. The molecule has 1 fully saturated rings. The van der Waals surface area contributed by atoms with Gasteiger partial charge in [-0.1, -0.05) is 29.8 Å². The van der Waals surface area contributed by atoms with Gasteiger partial charge in [-0.05, 0) is 38.1 Å². The zero-order valence-electron chi connectivity index (χ0n) is 15.9. The second-order valence-corrected chi connectivity index (χ2v) is 6.62. The molecule has 0 aromatic heterocycles. The molecule has 2 aromatic carbocycles. The molecular weight excluding hydrogens is 358 g/mol. The molecule has 7 nitrogen and oxygen atoms in total. The number of rotatable bonds is 5. The number of aryl methyl sites for hydroxylation is 1. The van der Waals surface area contributed by atoms with Gasteiger partial charge < -0.3 is 9.64 Å². The van der Waals surface area contributed by atoms with Crippen molar-refractivity contribution in [1.29, 1.82) is 0 Å². The van der Waals surface area contributed by atoms with Gasteiger partial charge in [-0.3, -0.25) is 25.2 Å². The number of carbonyl (C=O) groups excluding carboxylic acids is 3. The molecule has 1 aliphatic rings. The van der Waals surface area contributed by atoms with E-state index in [1.54, 1.807) is 29.2 Å². The first-order chi connectivity index (χ1) is 13.5. The van der Waals surface area contributed by atoms with Crippen LogP contribution in [0.1, 0.15) is 29.3 Å². The summed E-state index contributed by atoms with van der Waals surface area (Å²) in [7, 11) is 0. The highest BCUT2D eigenvalue weighted by Crippen LogP contribution is 2.33. The maximum absolute atomic E-state index is 12.4. The lowest BCUT2D eigenvalue weighted by molar-refractivity contribution is -0.126. The first-order valence-electron chi connectivity index (χ1n) is 9.18. The fourth-order valence-corrected chi connectivity index (χ4v) is 3.07. The number of hydrazine groups is 1. The minimum absolute atomic E-state index is 0.0761. The Kier molecular flexibility index (Phi) is 5.93. The van der Waals surface area contributed by atoms with Gasteiger partial charge in [0.1, 0.15) is 5.75 Å². The Labute approximate surface area is 163 Å². The first kappa shape index (κ1) is 19.4. The van der Waals surface area contributed by atoms with Crippen molar-refractivity contribution in [2.24, 2.45) is 5.92 Å². The van der Waals surface area contributed by atoms with E-state index in [1.807, 2.05) is 38.1 Å². The maximum Gasteiger partial charge on any atom is 0.269 e. The smallest absolute Gasteiger partial charge is 0.269 e. The third-order valence-corrected chi connectivity index (χ3v) is 4.56. The van der Waals surface area contributed by atoms with E-state index in [2.05, 4.69) is 10.9 Å². The third-order valence-electron chi connectivity index (χ3n) is 4.56. The summed E-state index contributed by atoms with van der Waals surface area (Å²) in [5.41, 5.74) is 6.96. The lowest BCUT2D eigenvalue weighted by atomic mass is 10.1.